The molecule has 2 aromatic carbocycles. The van der Waals surface area contributed by atoms with Crippen LogP contribution in [0.4, 0.5) is 0 Å². The van der Waals surface area contributed by atoms with E-state index < -0.39 is 0 Å². The first-order chi connectivity index (χ1) is 12.8. The number of nitrogens with zero attached hydrogens (tertiary/aromatic N) is 2. The molecule has 0 aliphatic rings. The molecule has 0 spiro atoms. The first-order valence-corrected chi connectivity index (χ1v) is 9.25. The molecule has 0 aromatic heterocycles. The van der Waals surface area contributed by atoms with E-state index in [1.165, 1.54) is 0 Å². The van der Waals surface area contributed by atoms with Crippen LogP contribution in [-0.4, -0.2) is 42.3 Å². The van der Waals surface area contributed by atoms with E-state index in [0.717, 1.165) is 11.1 Å². The molecule has 0 bridgehead atoms. The van der Waals surface area contributed by atoms with Gasteiger partial charge < -0.3 is 15.5 Å². The van der Waals surface area contributed by atoms with Crippen molar-refractivity contribution >= 4 is 24.2 Å². The van der Waals surface area contributed by atoms with Crippen molar-refractivity contribution in [3.63, 3.8) is 0 Å². The average Bonchev–Trinajstić information content (AvgIpc) is 2.70. The molecule has 2 atom stereocenters. The van der Waals surface area contributed by atoms with Gasteiger partial charge in [-0.1, -0.05) is 49.4 Å². The predicted octanol–water partition coefficient (Wildman–Crippen LogP) is 3.49. The Morgan fingerprint density at radius 2 is 1.57 bits per heavy atom. The number of hydrogen-bond acceptors (Lipinski definition) is 3. The summed E-state index contributed by atoms with van der Waals surface area (Å²) in [5.74, 6) is -0.323. The molecule has 0 saturated heterocycles. The molecule has 0 saturated carbocycles. The van der Waals surface area contributed by atoms with Gasteiger partial charge in [-0.15, -0.1) is 12.4 Å². The summed E-state index contributed by atoms with van der Waals surface area (Å²) in [6.45, 7) is 4.94. The highest BCUT2D eigenvalue weighted by molar-refractivity contribution is 5.93. The van der Waals surface area contributed by atoms with Crippen molar-refractivity contribution in [1.29, 1.82) is 0 Å². The maximum atomic E-state index is 12.9. The molecule has 5 nitrogen and oxygen atoms in total. The lowest BCUT2D eigenvalue weighted by Gasteiger charge is -2.28. The summed E-state index contributed by atoms with van der Waals surface area (Å²) in [5, 5.41) is 0. The van der Waals surface area contributed by atoms with Crippen LogP contribution in [0, 0.1) is 5.92 Å². The zero-order chi connectivity index (χ0) is 20.0. The summed E-state index contributed by atoms with van der Waals surface area (Å²) >= 11 is 0. The summed E-state index contributed by atoms with van der Waals surface area (Å²) in [5.41, 5.74) is 8.90. The van der Waals surface area contributed by atoms with Crippen molar-refractivity contribution < 1.29 is 9.59 Å². The second-order valence-corrected chi connectivity index (χ2v) is 6.97. The first-order valence-electron chi connectivity index (χ1n) is 9.25. The van der Waals surface area contributed by atoms with Gasteiger partial charge in [0.2, 0.25) is 5.91 Å². The van der Waals surface area contributed by atoms with Crippen molar-refractivity contribution in [2.24, 2.45) is 11.7 Å². The van der Waals surface area contributed by atoms with Crippen LogP contribution in [0.1, 0.15) is 41.4 Å². The summed E-state index contributed by atoms with van der Waals surface area (Å²) in [6, 6.07) is 16.8. The molecule has 2 N–H and O–H groups in total. The third-order valence-corrected chi connectivity index (χ3v) is 4.79. The van der Waals surface area contributed by atoms with Crippen molar-refractivity contribution in [3.05, 3.63) is 71.3 Å². The van der Waals surface area contributed by atoms with Gasteiger partial charge in [0.25, 0.3) is 5.91 Å². The number of carbonyl (C=O) groups is 2. The number of benzene rings is 2. The zero-order valence-corrected chi connectivity index (χ0v) is 17.8. The molecule has 0 aliphatic carbocycles. The Morgan fingerprint density at radius 1 is 1.00 bits per heavy atom. The number of hydrogen-bond donors (Lipinski definition) is 1. The van der Waals surface area contributed by atoms with Gasteiger partial charge in [-0.25, -0.2) is 0 Å². The van der Waals surface area contributed by atoms with E-state index in [0.29, 0.717) is 18.7 Å². The molecule has 152 valence electrons. The highest BCUT2D eigenvalue weighted by Crippen LogP contribution is 2.22. The number of halogens is 1. The van der Waals surface area contributed by atoms with Crippen molar-refractivity contribution in [2.75, 3.05) is 20.6 Å². The van der Waals surface area contributed by atoms with Crippen LogP contribution >= 0.6 is 12.4 Å². The van der Waals surface area contributed by atoms with E-state index in [1.807, 2.05) is 56.3 Å². The summed E-state index contributed by atoms with van der Waals surface area (Å²) < 4.78 is 0. The predicted molar refractivity (Wildman–Crippen MR) is 115 cm³/mol. The average molecular weight is 404 g/mol. The summed E-state index contributed by atoms with van der Waals surface area (Å²) in [7, 11) is 3.45. The maximum Gasteiger partial charge on any atom is 0.253 e. The highest BCUT2D eigenvalue weighted by atomic mass is 35.5. The van der Waals surface area contributed by atoms with Crippen molar-refractivity contribution in [3.8, 4) is 0 Å². The van der Waals surface area contributed by atoms with Gasteiger partial charge >= 0.3 is 0 Å². The lowest BCUT2D eigenvalue weighted by Crippen LogP contribution is -2.39. The van der Waals surface area contributed by atoms with Crippen LogP contribution in [0.15, 0.2) is 54.6 Å². The fraction of sp³-hybridized carbons (Fsp3) is 0.364. The number of rotatable bonds is 7. The minimum atomic E-state index is -0.340. The standard InChI is InChI=1S/C22H29N3O2.ClH/c1-5-25(15-17-11-13-19(14-12-17)22(27)24(3)4)21(26)16(2)20(23)18-9-7-6-8-10-18;/h6-14,16,20H,5,15,23H2,1-4H3;1H. The van der Waals surface area contributed by atoms with Crippen LogP contribution in [0.5, 0.6) is 0 Å². The van der Waals surface area contributed by atoms with Gasteiger partial charge in [-0.2, -0.15) is 0 Å². The molecular formula is C22H30ClN3O2. The molecule has 2 rings (SSSR count). The molecular weight excluding hydrogens is 374 g/mol. The van der Waals surface area contributed by atoms with Gasteiger partial charge in [0, 0.05) is 38.8 Å². The van der Waals surface area contributed by atoms with Gasteiger partial charge in [-0.05, 0) is 30.2 Å². The molecule has 28 heavy (non-hydrogen) atoms. The second kappa shape index (κ2) is 10.8. The topological polar surface area (TPSA) is 66.6 Å². The molecule has 2 amide bonds. The van der Waals surface area contributed by atoms with Gasteiger partial charge in [0.05, 0.1) is 5.92 Å². The Hall–Kier alpha value is -2.37. The van der Waals surface area contributed by atoms with Crippen molar-refractivity contribution in [1.82, 2.24) is 9.80 Å². The Labute approximate surface area is 173 Å². The molecule has 0 heterocycles. The van der Waals surface area contributed by atoms with Gasteiger partial charge in [0.1, 0.15) is 0 Å². The van der Waals surface area contributed by atoms with E-state index in [-0.39, 0.29) is 36.2 Å². The summed E-state index contributed by atoms with van der Waals surface area (Å²) in [6.07, 6.45) is 0. The monoisotopic (exact) mass is 403 g/mol. The molecule has 2 aromatic rings. The second-order valence-electron chi connectivity index (χ2n) is 6.97. The zero-order valence-electron chi connectivity index (χ0n) is 17.0. The van der Waals surface area contributed by atoms with Gasteiger partial charge in [-0.3, -0.25) is 9.59 Å². The number of nitrogens with two attached hydrogens (primary N) is 1. The third kappa shape index (κ3) is 5.81. The van der Waals surface area contributed by atoms with E-state index >= 15 is 0 Å². The Bertz CT molecular complexity index is 763. The molecule has 0 radical (unpaired) electrons. The number of amides is 2. The van der Waals surface area contributed by atoms with Crippen LogP contribution in [0.25, 0.3) is 0 Å². The third-order valence-electron chi connectivity index (χ3n) is 4.79. The fourth-order valence-corrected chi connectivity index (χ4v) is 2.98. The lowest BCUT2D eigenvalue weighted by molar-refractivity contribution is -0.136. The van der Waals surface area contributed by atoms with Gasteiger partial charge in [0.15, 0.2) is 0 Å². The number of carbonyl (C=O) groups excluding carboxylic acids is 2. The molecule has 0 fully saturated rings. The fourth-order valence-electron chi connectivity index (χ4n) is 2.98. The van der Waals surface area contributed by atoms with E-state index in [2.05, 4.69) is 0 Å². The minimum absolute atomic E-state index is 0. The van der Waals surface area contributed by atoms with Crippen LogP contribution in [-0.2, 0) is 11.3 Å². The molecule has 6 heteroatoms. The molecule has 0 aliphatic heterocycles. The largest absolute Gasteiger partial charge is 0.345 e. The maximum absolute atomic E-state index is 12.9. The Balaban J connectivity index is 0.00000392. The highest BCUT2D eigenvalue weighted by Gasteiger charge is 2.26. The normalized spacial score (nSPS) is 12.5. The quantitative estimate of drug-likeness (QED) is 0.769. The minimum Gasteiger partial charge on any atom is -0.345 e. The van der Waals surface area contributed by atoms with Crippen LogP contribution in [0.3, 0.4) is 0 Å². The van der Waals surface area contributed by atoms with E-state index in [9.17, 15) is 9.59 Å². The molecule has 2 unspecified atom stereocenters. The summed E-state index contributed by atoms with van der Waals surface area (Å²) in [4.78, 5) is 28.3. The first kappa shape index (κ1) is 23.7. The van der Waals surface area contributed by atoms with E-state index in [1.54, 1.807) is 36.0 Å². The SMILES string of the molecule is CCN(Cc1ccc(C(=O)N(C)C)cc1)C(=O)C(C)C(N)c1ccccc1.Cl. The van der Waals surface area contributed by atoms with E-state index in [4.69, 9.17) is 5.73 Å². The van der Waals surface area contributed by atoms with Crippen LogP contribution in [0.2, 0.25) is 0 Å². The lowest BCUT2D eigenvalue weighted by atomic mass is 9.94. The Kier molecular flexibility index (Phi) is 9.16. The van der Waals surface area contributed by atoms with Crippen LogP contribution < -0.4 is 5.73 Å². The Morgan fingerprint density at radius 3 is 2.07 bits per heavy atom. The smallest absolute Gasteiger partial charge is 0.253 e. The van der Waals surface area contributed by atoms with Crippen molar-refractivity contribution in [2.45, 2.75) is 26.4 Å².